The highest BCUT2D eigenvalue weighted by Gasteiger charge is 2.32. The molecule has 0 bridgehead atoms. The Kier molecular flexibility index (Phi) is 2.67. The van der Waals surface area contributed by atoms with Crippen LogP contribution in [-0.4, -0.2) is 44.8 Å². The van der Waals surface area contributed by atoms with Crippen molar-refractivity contribution in [1.82, 2.24) is 4.90 Å². The molecule has 1 amide bonds. The molecule has 1 rings (SSSR count). The van der Waals surface area contributed by atoms with Crippen molar-refractivity contribution >= 4 is 6.09 Å². The van der Waals surface area contributed by atoms with Crippen LogP contribution in [0.25, 0.3) is 0 Å². The third-order valence-electron chi connectivity index (χ3n) is 1.47. The van der Waals surface area contributed by atoms with Gasteiger partial charge >= 0.3 is 6.09 Å². The molecule has 0 spiro atoms. The summed E-state index contributed by atoms with van der Waals surface area (Å²) in [6, 6.07) is 0. The smallest absolute Gasteiger partial charge is 0.413 e. The van der Waals surface area contributed by atoms with E-state index in [0.29, 0.717) is 0 Å². The van der Waals surface area contributed by atoms with Crippen molar-refractivity contribution in [3.05, 3.63) is 0 Å². The van der Waals surface area contributed by atoms with Crippen LogP contribution in [0.2, 0.25) is 0 Å². The minimum absolute atomic E-state index is 0.206. The van der Waals surface area contributed by atoms with Gasteiger partial charge in [-0.15, -0.1) is 0 Å². The van der Waals surface area contributed by atoms with E-state index in [2.05, 4.69) is 0 Å². The van der Waals surface area contributed by atoms with E-state index >= 15 is 0 Å². The van der Waals surface area contributed by atoms with Crippen molar-refractivity contribution < 1.29 is 19.0 Å². The number of hydrogen-bond acceptors (Lipinski definition) is 4. The molecule has 0 N–H and O–H groups in total. The molecule has 0 aromatic carbocycles. The number of carbonyl (C=O) groups excluding carboxylic acids is 1. The van der Waals surface area contributed by atoms with Crippen LogP contribution in [0, 0.1) is 0 Å². The largest absolute Gasteiger partial charge is 0.444 e. The molecular weight excluding hydrogens is 150 g/mol. The van der Waals surface area contributed by atoms with Crippen LogP contribution in [0.1, 0.15) is 0 Å². The number of hydrogen-bond donors (Lipinski definition) is 0. The van der Waals surface area contributed by atoms with E-state index < -0.39 is 6.09 Å². The number of amides is 1. The zero-order valence-electron chi connectivity index (χ0n) is 6.57. The molecule has 0 saturated carbocycles. The van der Waals surface area contributed by atoms with Gasteiger partial charge in [0.15, 0.2) is 6.23 Å². The van der Waals surface area contributed by atoms with Crippen molar-refractivity contribution in [3.63, 3.8) is 0 Å². The first-order valence-corrected chi connectivity index (χ1v) is 3.24. The highest BCUT2D eigenvalue weighted by Crippen LogP contribution is 2.11. The number of methoxy groups -OCH3 is 2. The van der Waals surface area contributed by atoms with Crippen LogP contribution < -0.4 is 0 Å². The lowest BCUT2D eigenvalue weighted by atomic mass is 10.6. The van der Waals surface area contributed by atoms with Crippen molar-refractivity contribution in [2.24, 2.45) is 0 Å². The topological polar surface area (TPSA) is 48.0 Å². The Morgan fingerprint density at radius 1 is 1.73 bits per heavy atom. The number of nitrogens with zero attached hydrogens (tertiary/aromatic N) is 1. The average Bonchev–Trinajstić information content (AvgIpc) is 2.34. The first-order valence-electron chi connectivity index (χ1n) is 3.24. The fourth-order valence-electron chi connectivity index (χ4n) is 0.903. The predicted molar refractivity (Wildman–Crippen MR) is 35.9 cm³/mol. The lowest BCUT2D eigenvalue weighted by molar-refractivity contribution is -0.0321. The Balaban J connectivity index is 2.49. The molecule has 1 heterocycles. The maximum atomic E-state index is 10.9. The monoisotopic (exact) mass is 161 g/mol. The van der Waals surface area contributed by atoms with Crippen molar-refractivity contribution in [2.75, 3.05) is 27.6 Å². The number of rotatable bonds is 3. The van der Waals surface area contributed by atoms with Gasteiger partial charge in [0.1, 0.15) is 13.3 Å². The molecule has 64 valence electrons. The van der Waals surface area contributed by atoms with Gasteiger partial charge in [-0.05, 0) is 0 Å². The van der Waals surface area contributed by atoms with Gasteiger partial charge in [-0.25, -0.2) is 4.79 Å². The highest BCUT2D eigenvalue weighted by atomic mass is 16.6. The molecule has 5 nitrogen and oxygen atoms in total. The van der Waals surface area contributed by atoms with Gasteiger partial charge in [0.25, 0.3) is 0 Å². The van der Waals surface area contributed by atoms with Crippen LogP contribution >= 0.6 is 0 Å². The molecule has 1 aliphatic heterocycles. The minimum Gasteiger partial charge on any atom is -0.444 e. The number of ether oxygens (including phenoxy) is 3. The zero-order chi connectivity index (χ0) is 8.27. The summed E-state index contributed by atoms with van der Waals surface area (Å²) < 4.78 is 14.4. The molecule has 11 heavy (non-hydrogen) atoms. The van der Waals surface area contributed by atoms with E-state index in [1.807, 2.05) is 0 Å². The molecule has 0 aromatic heterocycles. The van der Waals surface area contributed by atoms with Crippen LogP contribution in [0.15, 0.2) is 0 Å². The summed E-state index contributed by atoms with van der Waals surface area (Å²) in [5, 5.41) is 0. The summed E-state index contributed by atoms with van der Waals surface area (Å²) in [6.07, 6.45) is -0.693. The average molecular weight is 161 g/mol. The highest BCUT2D eigenvalue weighted by molar-refractivity contribution is 5.69. The molecule has 1 aliphatic rings. The quantitative estimate of drug-likeness (QED) is 0.585. The SMILES string of the molecule is COCN1C(=O)OCC1OC. The minimum atomic E-state index is -0.390. The molecule has 0 aromatic rings. The van der Waals surface area contributed by atoms with E-state index in [0.717, 1.165) is 0 Å². The maximum Gasteiger partial charge on any atom is 0.413 e. The molecule has 0 radical (unpaired) electrons. The van der Waals surface area contributed by atoms with Gasteiger partial charge in [-0.3, -0.25) is 4.90 Å². The molecule has 0 aliphatic carbocycles. The second-order valence-electron chi connectivity index (χ2n) is 2.15. The lowest BCUT2D eigenvalue weighted by Gasteiger charge is -2.17. The summed E-state index contributed by atoms with van der Waals surface area (Å²) in [6.45, 7) is 0.482. The molecular formula is C6H11NO4. The van der Waals surface area contributed by atoms with E-state index in [9.17, 15) is 4.79 Å². The Labute approximate surface area is 64.8 Å². The van der Waals surface area contributed by atoms with Crippen LogP contribution in [0.3, 0.4) is 0 Å². The van der Waals surface area contributed by atoms with Gasteiger partial charge < -0.3 is 14.2 Å². The van der Waals surface area contributed by atoms with Crippen molar-refractivity contribution in [3.8, 4) is 0 Å². The molecule has 1 saturated heterocycles. The second-order valence-corrected chi connectivity index (χ2v) is 2.15. The first-order chi connectivity index (χ1) is 5.29. The second kappa shape index (κ2) is 3.54. The van der Waals surface area contributed by atoms with E-state index in [-0.39, 0.29) is 19.6 Å². The predicted octanol–water partition coefficient (Wildman–Crippen LogP) is 0.0150. The first kappa shape index (κ1) is 8.29. The Hall–Kier alpha value is -0.810. The molecule has 1 atom stereocenters. The summed E-state index contributed by atoms with van der Waals surface area (Å²) >= 11 is 0. The fourth-order valence-corrected chi connectivity index (χ4v) is 0.903. The number of carbonyl (C=O) groups is 1. The number of cyclic esters (lactones) is 1. The zero-order valence-corrected chi connectivity index (χ0v) is 6.57. The Bertz CT molecular complexity index is 150. The van der Waals surface area contributed by atoms with Crippen molar-refractivity contribution in [1.29, 1.82) is 0 Å². The van der Waals surface area contributed by atoms with Gasteiger partial charge in [-0.2, -0.15) is 0 Å². The Morgan fingerprint density at radius 3 is 3.00 bits per heavy atom. The van der Waals surface area contributed by atoms with Gasteiger partial charge in [0.2, 0.25) is 0 Å². The van der Waals surface area contributed by atoms with Crippen LogP contribution in [0.5, 0.6) is 0 Å². The third kappa shape index (κ3) is 1.61. The molecule has 1 unspecified atom stereocenters. The van der Waals surface area contributed by atoms with Gasteiger partial charge in [0, 0.05) is 14.2 Å². The lowest BCUT2D eigenvalue weighted by Crippen LogP contribution is -2.36. The molecule has 5 heteroatoms. The third-order valence-corrected chi connectivity index (χ3v) is 1.47. The van der Waals surface area contributed by atoms with Crippen LogP contribution in [-0.2, 0) is 14.2 Å². The fraction of sp³-hybridized carbons (Fsp3) is 0.833. The van der Waals surface area contributed by atoms with E-state index in [1.54, 1.807) is 0 Å². The summed E-state index contributed by atoms with van der Waals surface area (Å²) in [4.78, 5) is 12.3. The normalized spacial score (nSPS) is 24.0. The molecule has 1 fully saturated rings. The maximum absolute atomic E-state index is 10.9. The summed E-state index contributed by atoms with van der Waals surface area (Å²) in [5.41, 5.74) is 0. The summed E-state index contributed by atoms with van der Waals surface area (Å²) in [7, 11) is 3.04. The van der Waals surface area contributed by atoms with E-state index in [1.165, 1.54) is 19.1 Å². The summed E-state index contributed by atoms with van der Waals surface area (Å²) in [5.74, 6) is 0. The Morgan fingerprint density at radius 2 is 2.45 bits per heavy atom. The van der Waals surface area contributed by atoms with E-state index in [4.69, 9.17) is 14.2 Å². The van der Waals surface area contributed by atoms with Gasteiger partial charge in [-0.1, -0.05) is 0 Å². The standard InChI is InChI=1S/C6H11NO4/c1-9-4-7-5(10-2)3-11-6(7)8/h5H,3-4H2,1-2H3. The van der Waals surface area contributed by atoms with Crippen LogP contribution in [0.4, 0.5) is 4.79 Å². The van der Waals surface area contributed by atoms with Crippen molar-refractivity contribution in [2.45, 2.75) is 6.23 Å². The van der Waals surface area contributed by atoms with Gasteiger partial charge in [0.05, 0.1) is 0 Å².